The molecule has 1 saturated heterocycles. The van der Waals surface area contributed by atoms with Crippen molar-refractivity contribution in [2.45, 2.75) is 43.5 Å². The first-order valence-electron chi connectivity index (χ1n) is 5.67. The zero-order valence-electron chi connectivity index (χ0n) is 8.74. The third-order valence-electron chi connectivity index (χ3n) is 3.98. The van der Waals surface area contributed by atoms with Crippen LogP contribution in [0.1, 0.15) is 26.2 Å². The summed E-state index contributed by atoms with van der Waals surface area (Å²) in [5, 5.41) is -0.169. The first-order valence-corrected chi connectivity index (χ1v) is 6.10. The standard InChI is InChI=1S/C11H15ClO3/c1-2-14-11-7-3-6(4-9(11)12)10(13)8(5-7)15-11/h6-9H,2-5H2,1H3/t6-,7-,8-,9+,11+/m0/s1. The zero-order valence-corrected chi connectivity index (χ0v) is 9.50. The Morgan fingerprint density at radius 2 is 2.33 bits per heavy atom. The van der Waals surface area contributed by atoms with E-state index in [4.69, 9.17) is 21.1 Å². The van der Waals surface area contributed by atoms with Crippen molar-refractivity contribution in [1.82, 2.24) is 0 Å². The summed E-state index contributed by atoms with van der Waals surface area (Å²) >= 11 is 6.34. The van der Waals surface area contributed by atoms with Crippen LogP contribution in [0.15, 0.2) is 0 Å². The number of ketones is 1. The second-order valence-corrected chi connectivity index (χ2v) is 5.26. The molecule has 0 spiro atoms. The monoisotopic (exact) mass is 230 g/mol. The van der Waals surface area contributed by atoms with Crippen molar-refractivity contribution in [3.63, 3.8) is 0 Å². The van der Waals surface area contributed by atoms with Crippen LogP contribution < -0.4 is 0 Å². The number of halogens is 1. The van der Waals surface area contributed by atoms with Gasteiger partial charge in [0.05, 0.1) is 5.38 Å². The molecule has 0 unspecified atom stereocenters. The molecule has 4 heteroatoms. The summed E-state index contributed by atoms with van der Waals surface area (Å²) < 4.78 is 11.6. The number of carbonyl (C=O) groups excluding carboxylic acids is 1. The zero-order chi connectivity index (χ0) is 10.6. The second kappa shape index (κ2) is 3.19. The molecule has 3 bridgehead atoms. The summed E-state index contributed by atoms with van der Waals surface area (Å²) in [6.45, 7) is 2.53. The summed E-state index contributed by atoms with van der Waals surface area (Å²) in [4.78, 5) is 11.9. The van der Waals surface area contributed by atoms with Crippen LogP contribution in [0.2, 0.25) is 0 Å². The largest absolute Gasteiger partial charge is 0.348 e. The van der Waals surface area contributed by atoms with Crippen LogP contribution in [0.4, 0.5) is 0 Å². The Labute approximate surface area is 94.1 Å². The summed E-state index contributed by atoms with van der Waals surface area (Å²) in [6, 6.07) is 0. The molecule has 0 N–H and O–H groups in total. The first-order chi connectivity index (χ1) is 7.17. The van der Waals surface area contributed by atoms with Crippen LogP contribution in [-0.2, 0) is 14.3 Å². The van der Waals surface area contributed by atoms with E-state index in [2.05, 4.69) is 0 Å². The van der Waals surface area contributed by atoms with Crippen LogP contribution in [-0.4, -0.2) is 29.7 Å². The van der Waals surface area contributed by atoms with Gasteiger partial charge in [0.25, 0.3) is 0 Å². The molecule has 5 atom stereocenters. The Balaban J connectivity index is 1.99. The summed E-state index contributed by atoms with van der Waals surface area (Å²) in [6.07, 6.45) is 2.17. The van der Waals surface area contributed by atoms with E-state index >= 15 is 0 Å². The van der Waals surface area contributed by atoms with Crippen molar-refractivity contribution in [2.24, 2.45) is 11.8 Å². The second-order valence-electron chi connectivity index (χ2n) is 4.73. The smallest absolute Gasteiger partial charge is 0.188 e. The third kappa shape index (κ3) is 1.17. The molecule has 1 heterocycles. The van der Waals surface area contributed by atoms with Crippen molar-refractivity contribution in [3.05, 3.63) is 0 Å². The van der Waals surface area contributed by atoms with Gasteiger partial charge in [0, 0.05) is 18.4 Å². The average Bonchev–Trinajstić information content (AvgIpc) is 2.49. The van der Waals surface area contributed by atoms with Crippen molar-refractivity contribution in [3.8, 4) is 0 Å². The number of ether oxygens (including phenoxy) is 2. The molecule has 3 fully saturated rings. The molecule has 84 valence electrons. The average molecular weight is 231 g/mol. The molecule has 0 radical (unpaired) electrons. The number of Topliss-reactive ketones (excluding diaryl/α,β-unsaturated/α-hetero) is 1. The minimum atomic E-state index is -0.663. The van der Waals surface area contributed by atoms with Gasteiger partial charge in [-0.05, 0) is 26.2 Å². The summed E-state index contributed by atoms with van der Waals surface area (Å²) in [5.41, 5.74) is 0. The summed E-state index contributed by atoms with van der Waals surface area (Å²) in [7, 11) is 0. The van der Waals surface area contributed by atoms with Gasteiger partial charge in [-0.1, -0.05) is 0 Å². The molecular weight excluding hydrogens is 216 g/mol. The SMILES string of the molecule is CCO[C@@]12O[C@H]3C[C@@H]1C[C@@H](C[C@H]2Cl)C3=O. The number of hydrogen-bond acceptors (Lipinski definition) is 3. The van der Waals surface area contributed by atoms with Crippen molar-refractivity contribution in [2.75, 3.05) is 6.61 Å². The van der Waals surface area contributed by atoms with E-state index in [1.165, 1.54) is 0 Å². The van der Waals surface area contributed by atoms with Gasteiger partial charge in [-0.3, -0.25) is 4.79 Å². The lowest BCUT2D eigenvalue weighted by Crippen LogP contribution is -2.51. The molecule has 0 aromatic heterocycles. The van der Waals surface area contributed by atoms with Crippen molar-refractivity contribution in [1.29, 1.82) is 0 Å². The predicted octanol–water partition coefficient (Wildman–Crippen LogP) is 1.72. The number of fused-ring (bicyclic) bond motifs is 2. The number of rotatable bonds is 2. The van der Waals surface area contributed by atoms with Gasteiger partial charge in [-0.2, -0.15) is 0 Å². The molecule has 3 nitrogen and oxygen atoms in total. The van der Waals surface area contributed by atoms with Gasteiger partial charge >= 0.3 is 0 Å². The number of carbonyl (C=O) groups is 1. The highest BCUT2D eigenvalue weighted by molar-refractivity contribution is 6.21. The Morgan fingerprint density at radius 3 is 3.07 bits per heavy atom. The highest BCUT2D eigenvalue weighted by atomic mass is 35.5. The van der Waals surface area contributed by atoms with E-state index in [0.29, 0.717) is 18.9 Å². The maximum atomic E-state index is 11.9. The van der Waals surface area contributed by atoms with E-state index < -0.39 is 5.79 Å². The third-order valence-corrected chi connectivity index (χ3v) is 4.46. The van der Waals surface area contributed by atoms with Crippen molar-refractivity contribution < 1.29 is 14.3 Å². The first kappa shape index (κ1) is 10.1. The molecule has 0 amide bonds. The Bertz CT molecular complexity index is 304. The van der Waals surface area contributed by atoms with E-state index in [0.717, 1.165) is 12.8 Å². The van der Waals surface area contributed by atoms with Gasteiger partial charge in [-0.25, -0.2) is 0 Å². The van der Waals surface area contributed by atoms with Crippen LogP contribution in [0.25, 0.3) is 0 Å². The normalized spacial score (nSPS) is 52.5. The van der Waals surface area contributed by atoms with Crippen LogP contribution in [0.5, 0.6) is 0 Å². The van der Waals surface area contributed by atoms with E-state index in [9.17, 15) is 4.79 Å². The lowest BCUT2D eigenvalue weighted by Gasteiger charge is -2.42. The predicted molar refractivity (Wildman–Crippen MR) is 54.7 cm³/mol. The molecule has 3 aliphatic rings. The molecule has 1 aliphatic heterocycles. The van der Waals surface area contributed by atoms with Crippen LogP contribution >= 0.6 is 11.6 Å². The van der Waals surface area contributed by atoms with Crippen LogP contribution in [0, 0.1) is 11.8 Å². The molecule has 15 heavy (non-hydrogen) atoms. The Morgan fingerprint density at radius 1 is 1.53 bits per heavy atom. The number of hydrogen-bond donors (Lipinski definition) is 0. The maximum absolute atomic E-state index is 11.9. The molecule has 0 aromatic rings. The van der Waals surface area contributed by atoms with Crippen LogP contribution in [0.3, 0.4) is 0 Å². The molecule has 2 saturated carbocycles. The highest BCUT2D eigenvalue weighted by Crippen LogP contribution is 2.55. The minimum absolute atomic E-state index is 0.118. The fourth-order valence-corrected chi connectivity index (χ4v) is 3.88. The molecule has 3 rings (SSSR count). The highest BCUT2D eigenvalue weighted by Gasteiger charge is 2.64. The maximum Gasteiger partial charge on any atom is 0.188 e. The van der Waals surface area contributed by atoms with Gasteiger partial charge in [-0.15, -0.1) is 11.6 Å². The summed E-state index contributed by atoms with van der Waals surface area (Å²) in [5.74, 6) is 0.0219. The topological polar surface area (TPSA) is 35.5 Å². The van der Waals surface area contributed by atoms with E-state index in [1.807, 2.05) is 6.92 Å². The van der Waals surface area contributed by atoms with E-state index in [1.54, 1.807) is 0 Å². The van der Waals surface area contributed by atoms with Gasteiger partial charge in [0.2, 0.25) is 0 Å². The minimum Gasteiger partial charge on any atom is -0.348 e. The molecule has 2 aliphatic carbocycles. The molecular formula is C11H15ClO3. The quantitative estimate of drug-likeness (QED) is 0.678. The van der Waals surface area contributed by atoms with Gasteiger partial charge < -0.3 is 9.47 Å². The van der Waals surface area contributed by atoms with Crippen molar-refractivity contribution >= 4 is 17.4 Å². The lowest BCUT2D eigenvalue weighted by molar-refractivity contribution is -0.241. The lowest BCUT2D eigenvalue weighted by atomic mass is 9.70. The Hall–Kier alpha value is -0.120. The van der Waals surface area contributed by atoms with Gasteiger partial charge in [0.15, 0.2) is 11.6 Å². The molecule has 0 aromatic carbocycles. The van der Waals surface area contributed by atoms with E-state index in [-0.39, 0.29) is 23.2 Å². The number of alkyl halides is 1. The fraction of sp³-hybridized carbons (Fsp3) is 0.909. The fourth-order valence-electron chi connectivity index (χ4n) is 3.37. The Kier molecular flexibility index (Phi) is 2.14. The van der Waals surface area contributed by atoms with Gasteiger partial charge in [0.1, 0.15) is 6.10 Å².